The van der Waals surface area contributed by atoms with Gasteiger partial charge in [0.05, 0.1) is 0 Å². The minimum absolute atomic E-state index is 0.625. The molecular formula is C15H25BN2. The average Bonchev–Trinajstić information content (AvgIpc) is 2.74. The summed E-state index contributed by atoms with van der Waals surface area (Å²) in [6, 6.07) is 9.88. The van der Waals surface area contributed by atoms with Gasteiger partial charge in [-0.1, -0.05) is 52.1 Å². The maximum atomic E-state index is 3.31. The van der Waals surface area contributed by atoms with Crippen molar-refractivity contribution in [2.24, 2.45) is 0 Å². The maximum Gasteiger partial charge on any atom is 0.154 e. The highest BCUT2D eigenvalue weighted by Crippen LogP contribution is 2.08. The fourth-order valence-electron chi connectivity index (χ4n) is 1.98. The van der Waals surface area contributed by atoms with Crippen LogP contribution in [0.5, 0.6) is 0 Å². The molecule has 0 saturated heterocycles. The highest BCUT2D eigenvalue weighted by Gasteiger charge is 1.94. The predicted octanol–water partition coefficient (Wildman–Crippen LogP) is 2.67. The Morgan fingerprint density at radius 3 is 2.22 bits per heavy atom. The minimum Gasteiger partial charge on any atom is -0.361 e. The zero-order valence-electron chi connectivity index (χ0n) is 12.2. The van der Waals surface area contributed by atoms with E-state index in [0.29, 0.717) is 12.1 Å². The summed E-state index contributed by atoms with van der Waals surface area (Å²) in [5.41, 5.74) is 2.63. The lowest BCUT2D eigenvalue weighted by atomic mass is 9.73. The summed E-state index contributed by atoms with van der Waals surface area (Å²) >= 11 is 0. The first kappa shape index (κ1) is 14.8. The van der Waals surface area contributed by atoms with Gasteiger partial charge in [0.15, 0.2) is 7.28 Å². The second-order valence-electron chi connectivity index (χ2n) is 5.23. The molecule has 0 aliphatic heterocycles. The molecule has 0 amide bonds. The van der Waals surface area contributed by atoms with Gasteiger partial charge >= 0.3 is 0 Å². The van der Waals surface area contributed by atoms with E-state index in [0.717, 1.165) is 7.28 Å². The summed E-state index contributed by atoms with van der Waals surface area (Å²) in [5, 5.41) is 4.60. The van der Waals surface area contributed by atoms with Crippen molar-refractivity contribution in [3.63, 3.8) is 0 Å². The molecule has 2 aromatic rings. The van der Waals surface area contributed by atoms with Crippen LogP contribution in [0.2, 0.25) is 6.82 Å². The van der Waals surface area contributed by atoms with Crippen molar-refractivity contribution in [3.8, 4) is 0 Å². The van der Waals surface area contributed by atoms with Crippen molar-refractivity contribution < 1.29 is 0 Å². The summed E-state index contributed by atoms with van der Waals surface area (Å²) in [7, 11) is 1.11. The van der Waals surface area contributed by atoms with E-state index in [-0.39, 0.29) is 0 Å². The molecule has 0 aliphatic carbocycles. The van der Waals surface area contributed by atoms with Crippen molar-refractivity contribution in [1.82, 2.24) is 10.3 Å². The number of fused-ring (bicyclic) bond motifs is 1. The summed E-state index contributed by atoms with van der Waals surface area (Å²) in [6.45, 7) is 10.8. The van der Waals surface area contributed by atoms with E-state index in [2.05, 4.69) is 69.1 Å². The number of hydrogen-bond donors (Lipinski definition) is 2. The van der Waals surface area contributed by atoms with Gasteiger partial charge in [0.25, 0.3) is 0 Å². The molecular weight excluding hydrogens is 219 g/mol. The fourth-order valence-corrected chi connectivity index (χ4v) is 1.98. The Bertz CT molecular complexity index is 454. The third-order valence-corrected chi connectivity index (χ3v) is 2.69. The van der Waals surface area contributed by atoms with Crippen molar-refractivity contribution in [2.75, 3.05) is 0 Å². The molecule has 1 aromatic carbocycles. The molecule has 98 valence electrons. The van der Waals surface area contributed by atoms with Gasteiger partial charge in [-0.05, 0) is 17.5 Å². The van der Waals surface area contributed by atoms with Crippen LogP contribution in [-0.4, -0.2) is 24.3 Å². The van der Waals surface area contributed by atoms with Crippen LogP contribution in [0.25, 0.3) is 10.9 Å². The van der Waals surface area contributed by atoms with E-state index in [1.54, 1.807) is 0 Å². The SMILES string of the molecule is CBc1ccc2cc[nH]c2c1.CC(C)NC(C)C. The monoisotopic (exact) mass is 244 g/mol. The number of aromatic amines is 1. The Morgan fingerprint density at radius 1 is 1.06 bits per heavy atom. The second-order valence-corrected chi connectivity index (χ2v) is 5.23. The number of benzene rings is 1. The number of aromatic nitrogens is 1. The van der Waals surface area contributed by atoms with Gasteiger partial charge in [0.2, 0.25) is 0 Å². The maximum absolute atomic E-state index is 3.31. The van der Waals surface area contributed by atoms with E-state index in [9.17, 15) is 0 Å². The van der Waals surface area contributed by atoms with Crippen LogP contribution in [0.4, 0.5) is 0 Å². The highest BCUT2D eigenvalue weighted by molar-refractivity contribution is 6.52. The van der Waals surface area contributed by atoms with Gasteiger partial charge in [-0.25, -0.2) is 0 Å². The molecule has 0 bridgehead atoms. The predicted molar refractivity (Wildman–Crippen MR) is 84.4 cm³/mol. The lowest BCUT2D eigenvalue weighted by molar-refractivity contribution is 0.518. The van der Waals surface area contributed by atoms with Crippen LogP contribution < -0.4 is 10.8 Å². The molecule has 3 heteroatoms. The van der Waals surface area contributed by atoms with Gasteiger partial charge < -0.3 is 10.3 Å². The van der Waals surface area contributed by atoms with Gasteiger partial charge in [0.1, 0.15) is 0 Å². The van der Waals surface area contributed by atoms with Crippen molar-refractivity contribution in [3.05, 3.63) is 30.5 Å². The standard InChI is InChI=1S/C9H10BN.C6H15N/c1-10-8-3-2-7-4-5-11-9(7)6-8;1-5(2)7-6(3)4/h2-6,10-11H,1H3;5-7H,1-4H3. The Hall–Kier alpha value is -1.22. The zero-order chi connectivity index (χ0) is 13.5. The van der Waals surface area contributed by atoms with Gasteiger partial charge in [-0.2, -0.15) is 0 Å². The number of nitrogens with one attached hydrogen (secondary N) is 2. The Balaban J connectivity index is 0.000000203. The first-order valence-corrected chi connectivity index (χ1v) is 6.85. The first-order chi connectivity index (χ1) is 8.52. The average molecular weight is 244 g/mol. The molecule has 0 unspecified atom stereocenters. The van der Waals surface area contributed by atoms with Crippen molar-refractivity contribution in [2.45, 2.75) is 46.6 Å². The normalized spacial score (nSPS) is 10.6. The number of H-pyrrole nitrogens is 1. The summed E-state index contributed by atoms with van der Waals surface area (Å²) in [4.78, 5) is 3.19. The van der Waals surface area contributed by atoms with E-state index < -0.39 is 0 Å². The van der Waals surface area contributed by atoms with Gasteiger partial charge in [-0.3, -0.25) is 0 Å². The van der Waals surface area contributed by atoms with Crippen LogP contribution in [0.1, 0.15) is 27.7 Å². The van der Waals surface area contributed by atoms with Crippen molar-refractivity contribution >= 4 is 23.6 Å². The molecule has 0 fully saturated rings. The van der Waals surface area contributed by atoms with Gasteiger partial charge in [0, 0.05) is 23.8 Å². The van der Waals surface area contributed by atoms with Crippen LogP contribution in [0.15, 0.2) is 30.5 Å². The minimum atomic E-state index is 0.625. The largest absolute Gasteiger partial charge is 0.361 e. The molecule has 0 spiro atoms. The molecule has 0 atom stereocenters. The summed E-state index contributed by atoms with van der Waals surface area (Å²) in [5.74, 6) is 0. The van der Waals surface area contributed by atoms with Crippen molar-refractivity contribution in [1.29, 1.82) is 0 Å². The molecule has 0 aliphatic rings. The first-order valence-electron chi connectivity index (χ1n) is 6.85. The lowest BCUT2D eigenvalue weighted by Gasteiger charge is -2.10. The van der Waals surface area contributed by atoms with E-state index in [1.807, 2.05) is 6.20 Å². The van der Waals surface area contributed by atoms with E-state index in [1.165, 1.54) is 16.4 Å². The molecule has 1 aromatic heterocycles. The Labute approximate surface area is 111 Å². The molecule has 0 saturated carbocycles. The third kappa shape index (κ3) is 4.97. The number of rotatable bonds is 3. The molecule has 2 rings (SSSR count). The van der Waals surface area contributed by atoms with Crippen LogP contribution in [0, 0.1) is 0 Å². The molecule has 1 heterocycles. The van der Waals surface area contributed by atoms with Crippen LogP contribution in [-0.2, 0) is 0 Å². The highest BCUT2D eigenvalue weighted by atomic mass is 14.9. The number of hydrogen-bond acceptors (Lipinski definition) is 1. The topological polar surface area (TPSA) is 27.8 Å². The Kier molecular flexibility index (Phi) is 6.00. The lowest BCUT2D eigenvalue weighted by Crippen LogP contribution is -2.29. The van der Waals surface area contributed by atoms with E-state index in [4.69, 9.17) is 0 Å². The second kappa shape index (κ2) is 7.27. The summed E-state index contributed by atoms with van der Waals surface area (Å²) in [6.07, 6.45) is 1.98. The molecule has 2 N–H and O–H groups in total. The molecule has 18 heavy (non-hydrogen) atoms. The van der Waals surface area contributed by atoms with Crippen LogP contribution >= 0.6 is 0 Å². The summed E-state index contributed by atoms with van der Waals surface area (Å²) < 4.78 is 0. The molecule has 2 nitrogen and oxygen atoms in total. The molecule has 0 radical (unpaired) electrons. The quantitative estimate of drug-likeness (QED) is 0.798. The third-order valence-electron chi connectivity index (χ3n) is 2.69. The van der Waals surface area contributed by atoms with Gasteiger partial charge in [-0.15, -0.1) is 0 Å². The zero-order valence-corrected chi connectivity index (χ0v) is 12.2. The van der Waals surface area contributed by atoms with E-state index >= 15 is 0 Å². The Morgan fingerprint density at radius 2 is 1.72 bits per heavy atom. The fraction of sp³-hybridized carbons (Fsp3) is 0.467. The van der Waals surface area contributed by atoms with Crippen LogP contribution in [0.3, 0.4) is 0 Å². The smallest absolute Gasteiger partial charge is 0.154 e.